The number of halogens is 1. The first-order chi connectivity index (χ1) is 20.0. The third-order valence-electron chi connectivity index (χ3n) is 7.61. The highest BCUT2D eigenvalue weighted by Crippen LogP contribution is 2.41. The highest BCUT2D eigenvalue weighted by Gasteiger charge is 2.24. The molecule has 3 heterocycles. The number of nitrogens with zero attached hydrogens (tertiary/aromatic N) is 4. The zero-order valence-electron chi connectivity index (χ0n) is 22.7. The first-order valence-electron chi connectivity index (χ1n) is 13.4. The zero-order valence-corrected chi connectivity index (χ0v) is 22.7. The van der Waals surface area contributed by atoms with Crippen LogP contribution in [-0.4, -0.2) is 19.3 Å². The Morgan fingerprint density at radius 2 is 1.32 bits per heavy atom. The number of aryl methyl sites for hydroxylation is 2. The smallest absolute Gasteiger partial charge is 0.254 e. The summed E-state index contributed by atoms with van der Waals surface area (Å²) < 4.78 is 29.3. The van der Waals surface area contributed by atoms with Crippen LogP contribution in [0.25, 0.3) is 33.3 Å². The minimum atomic E-state index is -0.316. The topological polar surface area (TPSA) is 58.0 Å². The van der Waals surface area contributed by atoms with E-state index in [0.29, 0.717) is 23.1 Å². The van der Waals surface area contributed by atoms with E-state index >= 15 is 0 Å². The second-order valence-corrected chi connectivity index (χ2v) is 10.2. The summed E-state index contributed by atoms with van der Waals surface area (Å²) in [6.07, 6.45) is 4.49. The van der Waals surface area contributed by atoms with E-state index in [0.717, 1.165) is 0 Å². The van der Waals surface area contributed by atoms with E-state index in [-0.39, 0.29) is 18.3 Å². The van der Waals surface area contributed by atoms with Crippen LogP contribution in [0.1, 0.15) is 28.5 Å². The summed E-state index contributed by atoms with van der Waals surface area (Å²) >= 11 is 0. The van der Waals surface area contributed by atoms with Gasteiger partial charge in [-0.1, -0.05) is 48.5 Å². The Bertz CT molecular complexity index is 1900. The van der Waals surface area contributed by atoms with Gasteiger partial charge in [0, 0.05) is 59.8 Å². The van der Waals surface area contributed by atoms with Crippen molar-refractivity contribution in [3.8, 4) is 17.2 Å². The van der Waals surface area contributed by atoms with Crippen molar-refractivity contribution >= 4 is 21.8 Å². The molecule has 41 heavy (non-hydrogen) atoms. The Hall–Kier alpha value is -5.17. The lowest BCUT2D eigenvalue weighted by Gasteiger charge is -2.18. The van der Waals surface area contributed by atoms with Crippen LogP contribution < -0.4 is 4.74 Å². The van der Waals surface area contributed by atoms with Gasteiger partial charge in [0.25, 0.3) is 5.89 Å². The van der Waals surface area contributed by atoms with Crippen LogP contribution in [0.3, 0.4) is 0 Å². The first-order valence-corrected chi connectivity index (χ1v) is 13.4. The highest BCUT2D eigenvalue weighted by molar-refractivity contribution is 5.89. The summed E-state index contributed by atoms with van der Waals surface area (Å²) in [5, 5.41) is 10.6. The first kappa shape index (κ1) is 24.8. The van der Waals surface area contributed by atoms with Gasteiger partial charge in [-0.2, -0.15) is 0 Å². The van der Waals surface area contributed by atoms with Crippen LogP contribution in [-0.2, 0) is 20.7 Å². The van der Waals surface area contributed by atoms with Crippen LogP contribution in [0, 0.1) is 5.82 Å². The van der Waals surface area contributed by atoms with Gasteiger partial charge in [-0.05, 0) is 65.2 Å². The average Bonchev–Trinajstić information content (AvgIpc) is 3.70. The van der Waals surface area contributed by atoms with Crippen molar-refractivity contribution in [3.05, 3.63) is 138 Å². The predicted molar refractivity (Wildman–Crippen MR) is 157 cm³/mol. The van der Waals surface area contributed by atoms with Crippen LogP contribution in [0.4, 0.5) is 4.39 Å². The van der Waals surface area contributed by atoms with E-state index in [1.807, 2.05) is 12.1 Å². The van der Waals surface area contributed by atoms with Crippen molar-refractivity contribution < 1.29 is 13.5 Å². The molecule has 0 aliphatic carbocycles. The molecule has 7 heteroatoms. The van der Waals surface area contributed by atoms with Gasteiger partial charge < -0.3 is 18.3 Å². The third kappa shape index (κ3) is 4.55. The van der Waals surface area contributed by atoms with E-state index in [1.54, 1.807) is 12.1 Å². The maximum Gasteiger partial charge on any atom is 0.254 e. The second-order valence-electron chi connectivity index (χ2n) is 10.2. The molecule has 0 radical (unpaired) electrons. The summed E-state index contributed by atoms with van der Waals surface area (Å²) in [6, 6.07) is 31.2. The fraction of sp³-hybridized carbons (Fsp3) is 0.118. The Kier molecular flexibility index (Phi) is 6.12. The summed E-state index contributed by atoms with van der Waals surface area (Å²) in [5.74, 6) is 1.08. The maximum atomic E-state index is 13.2. The van der Waals surface area contributed by atoms with Gasteiger partial charge >= 0.3 is 0 Å². The van der Waals surface area contributed by atoms with E-state index in [9.17, 15) is 4.39 Å². The molecule has 4 aromatic carbocycles. The Labute approximate surface area is 236 Å². The number of para-hydroxylation sites is 2. The Balaban J connectivity index is 1.21. The summed E-state index contributed by atoms with van der Waals surface area (Å²) in [5.41, 5.74) is 6.74. The zero-order chi connectivity index (χ0) is 27.9. The molecule has 0 aliphatic heterocycles. The summed E-state index contributed by atoms with van der Waals surface area (Å²) in [6.45, 7) is 0.129. The summed E-state index contributed by atoms with van der Waals surface area (Å²) in [7, 11) is 4.20. The van der Waals surface area contributed by atoms with Crippen molar-refractivity contribution in [2.24, 2.45) is 14.1 Å². The van der Waals surface area contributed by atoms with Gasteiger partial charge in [0.15, 0.2) is 6.61 Å². The van der Waals surface area contributed by atoms with Gasteiger partial charge in [-0.3, -0.25) is 0 Å². The van der Waals surface area contributed by atoms with E-state index in [2.05, 4.69) is 106 Å². The molecule has 0 N–H and O–H groups in total. The molecule has 202 valence electrons. The van der Waals surface area contributed by atoms with Crippen LogP contribution in [0.15, 0.2) is 114 Å². The molecule has 0 fully saturated rings. The highest BCUT2D eigenvalue weighted by atomic mass is 19.1. The molecule has 0 unspecified atom stereocenters. The number of hydrogen-bond donors (Lipinski definition) is 0. The maximum absolute atomic E-state index is 13.2. The van der Waals surface area contributed by atoms with Crippen molar-refractivity contribution in [2.45, 2.75) is 12.5 Å². The van der Waals surface area contributed by atoms with E-state index in [1.165, 1.54) is 50.6 Å². The number of aromatic nitrogens is 4. The van der Waals surface area contributed by atoms with E-state index < -0.39 is 0 Å². The van der Waals surface area contributed by atoms with Gasteiger partial charge in [0.05, 0.1) is 0 Å². The van der Waals surface area contributed by atoms with Gasteiger partial charge in [0.1, 0.15) is 11.6 Å². The third-order valence-corrected chi connectivity index (χ3v) is 7.61. The van der Waals surface area contributed by atoms with Crippen LogP contribution >= 0.6 is 0 Å². The SMILES string of the molecule is Cn1cc(C(c2ccc(OCc3nnc(-c4ccc(F)cc4)o3)cc2)c2cn(C)c3ccccc23)c2ccccc21. The van der Waals surface area contributed by atoms with Gasteiger partial charge in [-0.15, -0.1) is 10.2 Å². The lowest BCUT2D eigenvalue weighted by atomic mass is 9.85. The molecular formula is C34H27FN4O2. The molecular weight excluding hydrogens is 515 g/mol. The monoisotopic (exact) mass is 542 g/mol. The Morgan fingerprint density at radius 3 is 1.93 bits per heavy atom. The summed E-state index contributed by atoms with van der Waals surface area (Å²) in [4.78, 5) is 0. The molecule has 0 saturated heterocycles. The average molecular weight is 543 g/mol. The fourth-order valence-electron chi connectivity index (χ4n) is 5.66. The van der Waals surface area contributed by atoms with Crippen LogP contribution in [0.2, 0.25) is 0 Å². The number of hydrogen-bond acceptors (Lipinski definition) is 4. The fourth-order valence-corrected chi connectivity index (χ4v) is 5.66. The minimum absolute atomic E-state index is 0.0236. The van der Waals surface area contributed by atoms with E-state index in [4.69, 9.17) is 9.15 Å². The molecule has 6 nitrogen and oxygen atoms in total. The molecule has 0 amide bonds. The lowest BCUT2D eigenvalue weighted by molar-refractivity contribution is 0.264. The van der Waals surface area contributed by atoms with Gasteiger partial charge in [0.2, 0.25) is 5.89 Å². The number of fused-ring (bicyclic) bond motifs is 2. The standard InChI is InChI=1S/C34H27FN4O2/c1-38-19-28(26-7-3-5-9-30(26)38)33(29-20-39(2)31-10-6-4-8-27(29)31)22-13-17-25(18-14-22)40-21-32-36-37-34(41-32)23-11-15-24(35)16-12-23/h3-20,33H,21H2,1-2H3. The quantitative estimate of drug-likeness (QED) is 0.208. The molecule has 3 aromatic heterocycles. The number of benzene rings is 4. The predicted octanol–water partition coefficient (Wildman–Crippen LogP) is 7.62. The van der Waals surface area contributed by atoms with Crippen molar-refractivity contribution in [1.29, 1.82) is 0 Å². The van der Waals surface area contributed by atoms with Crippen molar-refractivity contribution in [1.82, 2.24) is 19.3 Å². The number of ether oxygens (including phenoxy) is 1. The molecule has 7 rings (SSSR count). The molecule has 0 saturated carbocycles. The second kappa shape index (κ2) is 10.1. The molecule has 0 spiro atoms. The largest absolute Gasteiger partial charge is 0.484 e. The van der Waals surface area contributed by atoms with Crippen molar-refractivity contribution in [3.63, 3.8) is 0 Å². The Morgan fingerprint density at radius 1 is 0.732 bits per heavy atom. The van der Waals surface area contributed by atoms with Crippen LogP contribution in [0.5, 0.6) is 5.75 Å². The van der Waals surface area contributed by atoms with Crippen molar-refractivity contribution in [2.75, 3.05) is 0 Å². The normalized spacial score (nSPS) is 11.6. The molecule has 0 aliphatic rings. The van der Waals surface area contributed by atoms with Gasteiger partial charge in [-0.25, -0.2) is 4.39 Å². The molecule has 0 bridgehead atoms. The molecule has 0 atom stereocenters. The number of rotatable bonds is 7. The molecule has 7 aromatic rings. The lowest BCUT2D eigenvalue weighted by Crippen LogP contribution is -2.03. The minimum Gasteiger partial charge on any atom is -0.484 e.